The summed E-state index contributed by atoms with van der Waals surface area (Å²) in [5.41, 5.74) is 0. The fraction of sp³-hybridized carbons (Fsp3) is 1.00. The summed E-state index contributed by atoms with van der Waals surface area (Å²) < 4.78 is 0. The topological polar surface area (TPSA) is 0 Å². The number of hydrogen-bond donors (Lipinski definition) is 0. The fourth-order valence-corrected chi connectivity index (χ4v) is 3.39. The van der Waals surface area contributed by atoms with Crippen molar-refractivity contribution in [3.05, 3.63) is 0 Å². The van der Waals surface area contributed by atoms with Gasteiger partial charge in [-0.3, -0.25) is 0 Å². The van der Waals surface area contributed by atoms with E-state index < -0.39 is 0 Å². The molecule has 1 aliphatic rings. The molecule has 13 heavy (non-hydrogen) atoms. The van der Waals surface area contributed by atoms with Crippen LogP contribution in [0.1, 0.15) is 58.8 Å². The van der Waals surface area contributed by atoms with Crippen LogP contribution in [0, 0.1) is 11.8 Å². The lowest BCUT2D eigenvalue weighted by Gasteiger charge is -2.28. The average molecular weight is 247 g/mol. The molecular weight excluding hydrogens is 224 g/mol. The van der Waals surface area contributed by atoms with Crippen LogP contribution in [0.5, 0.6) is 0 Å². The Morgan fingerprint density at radius 1 is 1.23 bits per heavy atom. The van der Waals surface area contributed by atoms with Gasteiger partial charge in [0.15, 0.2) is 0 Å². The first kappa shape index (κ1) is 11.6. The van der Waals surface area contributed by atoms with E-state index in [0.29, 0.717) is 0 Å². The lowest BCUT2D eigenvalue weighted by atomic mass is 9.81. The van der Waals surface area contributed by atoms with Gasteiger partial charge in [0.1, 0.15) is 0 Å². The Morgan fingerprint density at radius 2 is 1.92 bits per heavy atom. The van der Waals surface area contributed by atoms with Crippen molar-refractivity contribution in [2.75, 3.05) is 0 Å². The summed E-state index contributed by atoms with van der Waals surface area (Å²) in [6.07, 6.45) is 9.99. The van der Waals surface area contributed by atoms with Crippen LogP contribution in [0.3, 0.4) is 0 Å². The molecule has 1 rings (SSSR count). The predicted molar refractivity (Wildman–Crippen MR) is 63.4 cm³/mol. The van der Waals surface area contributed by atoms with Gasteiger partial charge < -0.3 is 0 Å². The molecule has 0 N–H and O–H groups in total. The molecule has 0 heterocycles. The molecule has 0 aromatic carbocycles. The Balaban J connectivity index is 2.26. The number of alkyl halides is 1. The van der Waals surface area contributed by atoms with E-state index in [4.69, 9.17) is 0 Å². The van der Waals surface area contributed by atoms with Crippen molar-refractivity contribution in [1.82, 2.24) is 0 Å². The minimum atomic E-state index is 0.820. The highest BCUT2D eigenvalue weighted by molar-refractivity contribution is 9.09. The smallest absolute Gasteiger partial charge is 0.0148 e. The van der Waals surface area contributed by atoms with E-state index in [1.807, 2.05) is 0 Å². The fourth-order valence-electron chi connectivity index (χ4n) is 2.53. The van der Waals surface area contributed by atoms with Crippen LogP contribution in [0.2, 0.25) is 0 Å². The third kappa shape index (κ3) is 4.01. The molecule has 0 radical (unpaired) electrons. The van der Waals surface area contributed by atoms with E-state index in [1.54, 1.807) is 0 Å². The Labute approximate surface area is 91.6 Å². The molecule has 0 nitrogen and oxygen atoms in total. The number of rotatable bonds is 4. The Bertz CT molecular complexity index is 129. The van der Waals surface area contributed by atoms with Crippen molar-refractivity contribution in [2.24, 2.45) is 11.8 Å². The summed E-state index contributed by atoms with van der Waals surface area (Å²) in [7, 11) is 0. The highest BCUT2D eigenvalue weighted by Crippen LogP contribution is 2.34. The zero-order valence-electron chi connectivity index (χ0n) is 9.06. The van der Waals surface area contributed by atoms with Crippen molar-refractivity contribution in [3.63, 3.8) is 0 Å². The first-order chi connectivity index (χ1) is 6.26. The van der Waals surface area contributed by atoms with Crippen molar-refractivity contribution < 1.29 is 0 Å². The minimum absolute atomic E-state index is 0.820. The van der Waals surface area contributed by atoms with Gasteiger partial charge >= 0.3 is 0 Å². The second-order valence-electron chi connectivity index (χ2n) is 4.55. The van der Waals surface area contributed by atoms with Crippen molar-refractivity contribution >= 4 is 15.9 Å². The summed E-state index contributed by atoms with van der Waals surface area (Å²) >= 11 is 3.76. The van der Waals surface area contributed by atoms with Gasteiger partial charge in [-0.15, -0.1) is 0 Å². The highest BCUT2D eigenvalue weighted by Gasteiger charge is 2.21. The van der Waals surface area contributed by atoms with Gasteiger partial charge in [0.05, 0.1) is 0 Å². The van der Waals surface area contributed by atoms with Crippen LogP contribution in [-0.4, -0.2) is 4.83 Å². The highest BCUT2D eigenvalue weighted by atomic mass is 79.9. The zero-order valence-corrected chi connectivity index (χ0v) is 10.6. The maximum Gasteiger partial charge on any atom is 0.0148 e. The number of hydrogen-bond acceptors (Lipinski definition) is 0. The summed E-state index contributed by atoms with van der Waals surface area (Å²) in [6.45, 7) is 4.67. The van der Waals surface area contributed by atoms with E-state index in [1.165, 1.54) is 44.9 Å². The normalized spacial score (nSPS) is 29.5. The predicted octanol–water partition coefficient (Wildman–Crippen LogP) is 4.77. The molecule has 1 aliphatic carbocycles. The van der Waals surface area contributed by atoms with E-state index in [-0.39, 0.29) is 0 Å². The molecule has 0 saturated heterocycles. The number of halogens is 1. The SMILES string of the molecule is CCC(CC)CC1CCCC(Br)C1. The van der Waals surface area contributed by atoms with Crippen LogP contribution in [-0.2, 0) is 0 Å². The van der Waals surface area contributed by atoms with Gasteiger partial charge in [0.2, 0.25) is 0 Å². The van der Waals surface area contributed by atoms with Gasteiger partial charge in [0.25, 0.3) is 0 Å². The van der Waals surface area contributed by atoms with Crippen LogP contribution in [0.25, 0.3) is 0 Å². The second-order valence-corrected chi connectivity index (χ2v) is 5.84. The molecule has 78 valence electrons. The molecule has 1 saturated carbocycles. The average Bonchev–Trinajstić information content (AvgIpc) is 2.14. The summed E-state index contributed by atoms with van der Waals surface area (Å²) in [5, 5.41) is 0. The molecule has 1 fully saturated rings. The van der Waals surface area contributed by atoms with Crippen molar-refractivity contribution in [3.8, 4) is 0 Å². The molecule has 0 aromatic heterocycles. The first-order valence-electron chi connectivity index (χ1n) is 5.90. The standard InChI is InChI=1S/C12H23Br/c1-3-10(4-2)8-11-6-5-7-12(13)9-11/h10-12H,3-9H2,1-2H3. The molecule has 0 aliphatic heterocycles. The zero-order chi connectivity index (χ0) is 9.68. The molecule has 2 unspecified atom stereocenters. The molecule has 0 aromatic rings. The van der Waals surface area contributed by atoms with Crippen molar-refractivity contribution in [1.29, 1.82) is 0 Å². The molecule has 2 atom stereocenters. The van der Waals surface area contributed by atoms with Crippen LogP contribution >= 0.6 is 15.9 Å². The van der Waals surface area contributed by atoms with Crippen LogP contribution in [0.15, 0.2) is 0 Å². The third-order valence-corrected chi connectivity index (χ3v) is 4.37. The minimum Gasteiger partial charge on any atom is -0.0891 e. The largest absolute Gasteiger partial charge is 0.0891 e. The van der Waals surface area contributed by atoms with Crippen molar-refractivity contribution in [2.45, 2.75) is 63.6 Å². The van der Waals surface area contributed by atoms with Crippen LogP contribution < -0.4 is 0 Å². The second kappa shape index (κ2) is 6.06. The Morgan fingerprint density at radius 3 is 2.46 bits per heavy atom. The maximum atomic E-state index is 3.76. The Kier molecular flexibility index (Phi) is 5.38. The first-order valence-corrected chi connectivity index (χ1v) is 6.81. The summed E-state index contributed by atoms with van der Waals surface area (Å²) in [5.74, 6) is 2.01. The van der Waals surface area contributed by atoms with Gasteiger partial charge in [-0.25, -0.2) is 0 Å². The van der Waals surface area contributed by atoms with Gasteiger partial charge in [-0.2, -0.15) is 0 Å². The molecule has 0 bridgehead atoms. The lowest BCUT2D eigenvalue weighted by molar-refractivity contribution is 0.285. The molecule has 1 heteroatoms. The van der Waals surface area contributed by atoms with Gasteiger partial charge in [-0.1, -0.05) is 55.5 Å². The Hall–Kier alpha value is 0.480. The van der Waals surface area contributed by atoms with E-state index in [2.05, 4.69) is 29.8 Å². The monoisotopic (exact) mass is 246 g/mol. The molecular formula is C12H23Br. The lowest BCUT2D eigenvalue weighted by Crippen LogP contribution is -2.17. The summed E-state index contributed by atoms with van der Waals surface area (Å²) in [4.78, 5) is 0.820. The van der Waals surface area contributed by atoms with Gasteiger partial charge in [-0.05, 0) is 31.1 Å². The quantitative estimate of drug-likeness (QED) is 0.628. The molecule has 0 spiro atoms. The van der Waals surface area contributed by atoms with Crippen LogP contribution in [0.4, 0.5) is 0 Å². The van der Waals surface area contributed by atoms with Gasteiger partial charge in [0, 0.05) is 4.83 Å². The third-order valence-electron chi connectivity index (χ3n) is 3.54. The maximum absolute atomic E-state index is 3.76. The van der Waals surface area contributed by atoms with E-state index in [9.17, 15) is 0 Å². The van der Waals surface area contributed by atoms with E-state index >= 15 is 0 Å². The summed E-state index contributed by atoms with van der Waals surface area (Å²) in [6, 6.07) is 0. The molecule has 0 amide bonds. The van der Waals surface area contributed by atoms with E-state index in [0.717, 1.165) is 16.7 Å².